The molecule has 2 heterocycles. The Hall–Kier alpha value is -0.850. The molecule has 1 amide bonds. The Morgan fingerprint density at radius 3 is 2.64 bits per heavy atom. The largest absolute Gasteiger partial charge is 0.347 e. The van der Waals surface area contributed by atoms with Gasteiger partial charge in [0, 0.05) is 22.7 Å². The number of amides is 1. The summed E-state index contributed by atoms with van der Waals surface area (Å²) in [6, 6.07) is 8.00. The Bertz CT molecular complexity index is 706. The van der Waals surface area contributed by atoms with E-state index in [1.54, 1.807) is 0 Å². The smallest absolute Gasteiger partial charge is 0.263 e. The first-order chi connectivity index (χ1) is 11.0. The Morgan fingerprint density at radius 1 is 1.32 bits per heavy atom. The zero-order chi connectivity index (χ0) is 16.4. The molecule has 1 fully saturated rings. The number of hydrogen-bond acceptors (Lipinski definition) is 4. The monoisotopic (exact) mass is 421 g/mol. The summed E-state index contributed by atoms with van der Waals surface area (Å²) in [6.07, 6.45) is 2.11. The molecule has 4 nitrogen and oxygen atoms in total. The maximum Gasteiger partial charge on any atom is 0.263 e. The van der Waals surface area contributed by atoms with E-state index >= 15 is 0 Å². The van der Waals surface area contributed by atoms with Gasteiger partial charge < -0.3 is 10.6 Å². The number of benzene rings is 1. The molecule has 8 heteroatoms. The minimum atomic E-state index is -0.0271. The van der Waals surface area contributed by atoms with Gasteiger partial charge in [0.05, 0.1) is 5.69 Å². The van der Waals surface area contributed by atoms with Crippen LogP contribution in [-0.4, -0.2) is 29.5 Å². The molecule has 2 unspecified atom stereocenters. The Labute approximate surface area is 169 Å². The van der Waals surface area contributed by atoms with Gasteiger partial charge in [-0.25, -0.2) is 4.98 Å². The van der Waals surface area contributed by atoms with Crippen molar-refractivity contribution in [2.24, 2.45) is 0 Å². The predicted octanol–water partition coefficient (Wildman–Crippen LogP) is 4.49. The summed E-state index contributed by atoms with van der Waals surface area (Å²) < 4.78 is 0. The molecule has 0 saturated carbocycles. The van der Waals surface area contributed by atoms with Gasteiger partial charge in [-0.15, -0.1) is 36.2 Å². The van der Waals surface area contributed by atoms with Crippen LogP contribution in [0.4, 0.5) is 0 Å². The summed E-state index contributed by atoms with van der Waals surface area (Å²) in [5.41, 5.74) is 1.75. The van der Waals surface area contributed by atoms with Crippen LogP contribution in [0.3, 0.4) is 0 Å². The Morgan fingerprint density at radius 2 is 2.00 bits per heavy atom. The van der Waals surface area contributed by atoms with Crippen molar-refractivity contribution >= 4 is 53.7 Å². The third kappa shape index (κ3) is 5.31. The first-order valence-electron chi connectivity index (χ1n) is 7.82. The van der Waals surface area contributed by atoms with E-state index in [1.165, 1.54) is 11.3 Å². The summed E-state index contributed by atoms with van der Waals surface area (Å²) in [5, 5.41) is 8.09. The first-order valence-corrected chi connectivity index (χ1v) is 9.01. The number of thiazole rings is 1. The van der Waals surface area contributed by atoms with Gasteiger partial charge in [-0.2, -0.15) is 0 Å². The van der Waals surface area contributed by atoms with E-state index in [0.717, 1.165) is 35.7 Å². The fourth-order valence-corrected chi connectivity index (χ4v) is 3.90. The lowest BCUT2D eigenvalue weighted by molar-refractivity contribution is 0.0923. The fraction of sp³-hybridized carbons (Fsp3) is 0.412. The minimum Gasteiger partial charge on any atom is -0.347 e. The van der Waals surface area contributed by atoms with E-state index in [4.69, 9.17) is 11.6 Å². The molecule has 1 saturated heterocycles. The number of aromatic nitrogens is 1. The molecule has 2 N–H and O–H groups in total. The average molecular weight is 423 g/mol. The Balaban J connectivity index is 0.00000156. The molecular formula is C17H22Cl3N3OS. The van der Waals surface area contributed by atoms with Crippen LogP contribution in [0.25, 0.3) is 10.6 Å². The normalized spacial score (nSPS) is 19.5. The van der Waals surface area contributed by atoms with Crippen LogP contribution in [0.2, 0.25) is 5.02 Å². The molecule has 0 spiro atoms. The van der Waals surface area contributed by atoms with Crippen LogP contribution >= 0.6 is 47.8 Å². The van der Waals surface area contributed by atoms with Crippen LogP contribution in [0.15, 0.2) is 24.3 Å². The molecule has 2 atom stereocenters. The molecule has 1 aromatic carbocycles. The van der Waals surface area contributed by atoms with Gasteiger partial charge in [-0.05, 0) is 45.4 Å². The number of carbonyl (C=O) groups is 1. The maximum absolute atomic E-state index is 12.6. The zero-order valence-corrected chi connectivity index (χ0v) is 17.2. The quantitative estimate of drug-likeness (QED) is 0.766. The molecule has 25 heavy (non-hydrogen) atoms. The average Bonchev–Trinajstić information content (AvgIpc) is 2.92. The second-order valence-corrected chi connectivity index (χ2v) is 7.34. The van der Waals surface area contributed by atoms with E-state index in [9.17, 15) is 4.79 Å². The molecule has 0 radical (unpaired) electrons. The number of piperidine rings is 1. The summed E-state index contributed by atoms with van der Waals surface area (Å²) in [4.78, 5) is 17.8. The molecule has 1 aliphatic rings. The van der Waals surface area contributed by atoms with E-state index in [1.807, 2.05) is 31.2 Å². The lowest BCUT2D eigenvalue weighted by Gasteiger charge is -2.30. The molecule has 3 rings (SSSR count). The van der Waals surface area contributed by atoms with Crippen molar-refractivity contribution in [3.8, 4) is 10.6 Å². The van der Waals surface area contributed by atoms with Gasteiger partial charge in [0.15, 0.2) is 0 Å². The molecular weight excluding hydrogens is 401 g/mol. The second kappa shape index (κ2) is 9.74. The number of aryl methyl sites for hydroxylation is 1. The van der Waals surface area contributed by atoms with Crippen molar-refractivity contribution in [2.45, 2.75) is 38.8 Å². The van der Waals surface area contributed by atoms with Crippen molar-refractivity contribution in [3.63, 3.8) is 0 Å². The lowest BCUT2D eigenvalue weighted by Crippen LogP contribution is -2.51. The van der Waals surface area contributed by atoms with Crippen molar-refractivity contribution in [1.29, 1.82) is 0 Å². The fourth-order valence-electron chi connectivity index (χ4n) is 2.80. The van der Waals surface area contributed by atoms with Crippen LogP contribution in [0, 0.1) is 6.92 Å². The van der Waals surface area contributed by atoms with Crippen molar-refractivity contribution in [2.75, 3.05) is 6.54 Å². The third-order valence-electron chi connectivity index (χ3n) is 4.17. The molecule has 2 aromatic rings. The molecule has 0 bridgehead atoms. The lowest BCUT2D eigenvalue weighted by atomic mass is 10.00. The van der Waals surface area contributed by atoms with Crippen LogP contribution in [-0.2, 0) is 0 Å². The number of hydrogen-bond donors (Lipinski definition) is 2. The summed E-state index contributed by atoms with van der Waals surface area (Å²) in [5.74, 6) is -0.0271. The van der Waals surface area contributed by atoms with Gasteiger partial charge in [-0.3, -0.25) is 4.79 Å². The van der Waals surface area contributed by atoms with Crippen molar-refractivity contribution < 1.29 is 4.79 Å². The van der Waals surface area contributed by atoms with Gasteiger partial charge in [0.2, 0.25) is 0 Å². The van der Waals surface area contributed by atoms with Gasteiger partial charge >= 0.3 is 0 Å². The first kappa shape index (κ1) is 22.2. The van der Waals surface area contributed by atoms with Crippen LogP contribution < -0.4 is 10.6 Å². The van der Waals surface area contributed by atoms with E-state index < -0.39 is 0 Å². The molecule has 1 aromatic heterocycles. The SMILES string of the molecule is Cc1nc(-c2ccc(Cl)cc2)sc1C(=O)NC1CCCNC1C.Cl.Cl. The molecule has 0 aliphatic carbocycles. The number of rotatable bonds is 3. The van der Waals surface area contributed by atoms with Gasteiger partial charge in [0.1, 0.15) is 9.88 Å². The highest BCUT2D eigenvalue weighted by molar-refractivity contribution is 7.17. The topological polar surface area (TPSA) is 54.0 Å². The number of carbonyl (C=O) groups excluding carboxylic acids is 1. The van der Waals surface area contributed by atoms with Crippen LogP contribution in [0.1, 0.15) is 35.1 Å². The zero-order valence-electron chi connectivity index (χ0n) is 14.0. The van der Waals surface area contributed by atoms with Gasteiger partial charge in [0.25, 0.3) is 5.91 Å². The van der Waals surface area contributed by atoms with Crippen molar-refractivity contribution in [3.05, 3.63) is 39.9 Å². The third-order valence-corrected chi connectivity index (χ3v) is 5.63. The summed E-state index contributed by atoms with van der Waals surface area (Å²) in [6.45, 7) is 5.02. The minimum absolute atomic E-state index is 0. The number of nitrogens with one attached hydrogen (secondary N) is 2. The highest BCUT2D eigenvalue weighted by Gasteiger charge is 2.25. The highest BCUT2D eigenvalue weighted by atomic mass is 35.5. The van der Waals surface area contributed by atoms with Crippen molar-refractivity contribution in [1.82, 2.24) is 15.6 Å². The second-order valence-electron chi connectivity index (χ2n) is 5.91. The maximum atomic E-state index is 12.6. The number of nitrogens with zero attached hydrogens (tertiary/aromatic N) is 1. The molecule has 1 aliphatic heterocycles. The van der Waals surface area contributed by atoms with E-state index in [-0.39, 0.29) is 36.8 Å². The summed E-state index contributed by atoms with van der Waals surface area (Å²) in [7, 11) is 0. The predicted molar refractivity (Wildman–Crippen MR) is 110 cm³/mol. The van der Waals surface area contributed by atoms with E-state index in [2.05, 4.69) is 22.5 Å². The van der Waals surface area contributed by atoms with Gasteiger partial charge in [-0.1, -0.05) is 23.7 Å². The Kier molecular flexibility index (Phi) is 8.64. The highest BCUT2D eigenvalue weighted by Crippen LogP contribution is 2.29. The standard InChI is InChI=1S/C17H20ClN3OS.2ClH/c1-10-14(4-3-9-19-10)21-16(22)15-11(2)20-17(23-15)12-5-7-13(18)8-6-12;;/h5-8,10,14,19H,3-4,9H2,1-2H3,(H,21,22);2*1H. The van der Waals surface area contributed by atoms with Crippen LogP contribution in [0.5, 0.6) is 0 Å². The number of halogens is 3. The summed E-state index contributed by atoms with van der Waals surface area (Å²) >= 11 is 7.35. The molecule has 138 valence electrons. The van der Waals surface area contributed by atoms with E-state index in [0.29, 0.717) is 15.9 Å².